The molecule has 2 aromatic rings. The van der Waals surface area contributed by atoms with Gasteiger partial charge in [0.2, 0.25) is 0 Å². The van der Waals surface area contributed by atoms with Crippen molar-refractivity contribution in [3.63, 3.8) is 0 Å². The molecule has 2 aliphatic rings. The van der Waals surface area contributed by atoms with E-state index >= 15 is 0 Å². The number of hydrogen-bond acceptors (Lipinski definition) is 4. The van der Waals surface area contributed by atoms with Gasteiger partial charge in [0.05, 0.1) is 14.2 Å². The van der Waals surface area contributed by atoms with Crippen LogP contribution in [0.1, 0.15) is 29.9 Å². The molecule has 0 aromatic heterocycles. The minimum absolute atomic E-state index is 0.401. The molecule has 4 rings (SSSR count). The van der Waals surface area contributed by atoms with Crippen LogP contribution in [-0.4, -0.2) is 57.3 Å². The lowest BCUT2D eigenvalue weighted by molar-refractivity contribution is 0.321. The van der Waals surface area contributed by atoms with Gasteiger partial charge in [0.15, 0.2) is 5.96 Å². The number of guanidine groups is 1. The second-order valence-electron chi connectivity index (χ2n) is 8.16. The molecule has 0 bridgehead atoms. The van der Waals surface area contributed by atoms with Crippen molar-refractivity contribution in [3.05, 3.63) is 59.7 Å². The van der Waals surface area contributed by atoms with Gasteiger partial charge >= 0.3 is 0 Å². The summed E-state index contributed by atoms with van der Waals surface area (Å²) in [5, 5.41) is 7.22. The number of nitrogens with zero attached hydrogens (tertiary/aromatic N) is 2. The molecule has 160 valence electrons. The maximum Gasteiger partial charge on any atom is 0.191 e. The molecule has 1 aliphatic heterocycles. The zero-order chi connectivity index (χ0) is 20.9. The predicted octanol–water partition coefficient (Wildman–Crippen LogP) is 3.00. The Bertz CT molecular complexity index is 849. The van der Waals surface area contributed by atoms with Crippen molar-refractivity contribution in [2.45, 2.75) is 37.4 Å². The van der Waals surface area contributed by atoms with E-state index in [9.17, 15) is 0 Å². The fourth-order valence-electron chi connectivity index (χ4n) is 4.27. The summed E-state index contributed by atoms with van der Waals surface area (Å²) < 4.78 is 10.8. The highest BCUT2D eigenvalue weighted by Crippen LogP contribution is 2.40. The molecule has 1 aliphatic carbocycles. The van der Waals surface area contributed by atoms with Crippen molar-refractivity contribution in [1.29, 1.82) is 0 Å². The zero-order valence-electron chi connectivity index (χ0n) is 18.1. The fourth-order valence-corrected chi connectivity index (χ4v) is 4.27. The highest BCUT2D eigenvalue weighted by molar-refractivity contribution is 5.81. The van der Waals surface area contributed by atoms with E-state index < -0.39 is 0 Å². The predicted molar refractivity (Wildman–Crippen MR) is 120 cm³/mol. The van der Waals surface area contributed by atoms with E-state index in [2.05, 4.69) is 63.0 Å². The average Bonchev–Trinajstić information content (AvgIpc) is 3.42. The molecule has 2 fully saturated rings. The normalized spacial score (nSPS) is 23.8. The number of likely N-dealkylation sites (tertiary alicyclic amines) is 1. The van der Waals surface area contributed by atoms with Gasteiger partial charge in [-0.05, 0) is 36.1 Å². The summed E-state index contributed by atoms with van der Waals surface area (Å²) in [5.74, 6) is 3.17. The molecular formula is C24H32N4O2. The van der Waals surface area contributed by atoms with Crippen LogP contribution in [0.25, 0.3) is 0 Å². The summed E-state index contributed by atoms with van der Waals surface area (Å²) in [5.41, 5.74) is 2.62. The lowest BCUT2D eigenvalue weighted by Crippen LogP contribution is -2.45. The van der Waals surface area contributed by atoms with Gasteiger partial charge in [0.25, 0.3) is 0 Å². The lowest BCUT2D eigenvalue weighted by atomic mass is 10.1. The SMILES string of the molecule is CN=C(NC1CCN(Cc2cc(OC)cc(OC)c2)C1)NC1CC1c1ccccc1. The van der Waals surface area contributed by atoms with Crippen LogP contribution >= 0.6 is 0 Å². The van der Waals surface area contributed by atoms with Gasteiger partial charge in [0, 0.05) is 50.7 Å². The minimum atomic E-state index is 0.401. The topological polar surface area (TPSA) is 58.1 Å². The van der Waals surface area contributed by atoms with Crippen molar-refractivity contribution in [1.82, 2.24) is 15.5 Å². The van der Waals surface area contributed by atoms with Crippen LogP contribution in [0.5, 0.6) is 11.5 Å². The van der Waals surface area contributed by atoms with E-state index in [1.807, 2.05) is 13.1 Å². The van der Waals surface area contributed by atoms with E-state index in [-0.39, 0.29) is 0 Å². The summed E-state index contributed by atoms with van der Waals surface area (Å²) in [7, 11) is 5.23. The number of benzene rings is 2. The van der Waals surface area contributed by atoms with Gasteiger partial charge in [-0.15, -0.1) is 0 Å². The number of hydrogen-bond donors (Lipinski definition) is 2. The van der Waals surface area contributed by atoms with Crippen LogP contribution in [0.2, 0.25) is 0 Å². The second-order valence-corrected chi connectivity index (χ2v) is 8.16. The van der Waals surface area contributed by atoms with Crippen molar-refractivity contribution in [2.24, 2.45) is 4.99 Å². The van der Waals surface area contributed by atoms with Crippen LogP contribution in [-0.2, 0) is 6.54 Å². The van der Waals surface area contributed by atoms with E-state index in [0.29, 0.717) is 18.0 Å². The summed E-state index contributed by atoms with van der Waals surface area (Å²) in [4.78, 5) is 6.92. The van der Waals surface area contributed by atoms with Crippen LogP contribution in [0, 0.1) is 0 Å². The zero-order valence-corrected chi connectivity index (χ0v) is 18.1. The Morgan fingerprint density at radius 3 is 2.47 bits per heavy atom. The van der Waals surface area contributed by atoms with Crippen molar-refractivity contribution in [3.8, 4) is 11.5 Å². The van der Waals surface area contributed by atoms with Crippen LogP contribution in [0.15, 0.2) is 53.5 Å². The average molecular weight is 409 g/mol. The molecule has 30 heavy (non-hydrogen) atoms. The van der Waals surface area contributed by atoms with E-state index in [1.165, 1.54) is 17.5 Å². The van der Waals surface area contributed by atoms with Gasteiger partial charge in [-0.2, -0.15) is 0 Å². The fraction of sp³-hybridized carbons (Fsp3) is 0.458. The first kappa shape index (κ1) is 20.5. The first-order valence-electron chi connectivity index (χ1n) is 10.7. The Balaban J connectivity index is 1.27. The van der Waals surface area contributed by atoms with Gasteiger partial charge in [-0.1, -0.05) is 30.3 Å². The highest BCUT2D eigenvalue weighted by atomic mass is 16.5. The third-order valence-electron chi connectivity index (χ3n) is 5.99. The second kappa shape index (κ2) is 9.39. The number of nitrogens with one attached hydrogen (secondary N) is 2. The van der Waals surface area contributed by atoms with Crippen molar-refractivity contribution < 1.29 is 9.47 Å². The van der Waals surface area contributed by atoms with Gasteiger partial charge < -0.3 is 20.1 Å². The summed E-state index contributed by atoms with van der Waals surface area (Å²) in [6.45, 7) is 2.94. The summed E-state index contributed by atoms with van der Waals surface area (Å²) in [6.07, 6.45) is 2.27. The van der Waals surface area contributed by atoms with Gasteiger partial charge in [-0.3, -0.25) is 9.89 Å². The summed E-state index contributed by atoms with van der Waals surface area (Å²) in [6, 6.07) is 17.7. The molecule has 1 heterocycles. The van der Waals surface area contributed by atoms with Crippen LogP contribution in [0.3, 0.4) is 0 Å². The molecule has 2 N–H and O–H groups in total. The Kier molecular flexibility index (Phi) is 6.43. The number of rotatable bonds is 7. The smallest absolute Gasteiger partial charge is 0.191 e. The molecule has 0 radical (unpaired) electrons. The highest BCUT2D eigenvalue weighted by Gasteiger charge is 2.39. The van der Waals surface area contributed by atoms with Gasteiger partial charge in [-0.25, -0.2) is 0 Å². The first-order chi connectivity index (χ1) is 14.7. The molecule has 1 saturated heterocycles. The molecule has 6 nitrogen and oxygen atoms in total. The lowest BCUT2D eigenvalue weighted by Gasteiger charge is -2.19. The minimum Gasteiger partial charge on any atom is -0.497 e. The molecule has 0 spiro atoms. The molecule has 1 saturated carbocycles. The third-order valence-corrected chi connectivity index (χ3v) is 5.99. The maximum atomic E-state index is 5.40. The monoisotopic (exact) mass is 408 g/mol. The van der Waals surface area contributed by atoms with Gasteiger partial charge in [0.1, 0.15) is 11.5 Å². The van der Waals surface area contributed by atoms with Crippen LogP contribution in [0.4, 0.5) is 0 Å². The number of aliphatic imine (C=N–C) groups is 1. The number of ether oxygens (including phenoxy) is 2. The Hall–Kier alpha value is -2.73. The van der Waals surface area contributed by atoms with E-state index in [0.717, 1.165) is 43.5 Å². The third kappa shape index (κ3) is 5.05. The Morgan fingerprint density at radius 2 is 1.80 bits per heavy atom. The van der Waals surface area contributed by atoms with Crippen LogP contribution < -0.4 is 20.1 Å². The van der Waals surface area contributed by atoms with Crippen molar-refractivity contribution in [2.75, 3.05) is 34.4 Å². The standard InChI is InChI=1S/C24H32N4O2/c1-25-24(27-23-14-22(23)18-7-5-4-6-8-18)26-19-9-10-28(16-19)15-17-11-20(29-2)13-21(12-17)30-3/h4-8,11-13,19,22-23H,9-10,14-16H2,1-3H3,(H2,25,26,27). The quantitative estimate of drug-likeness (QED) is 0.545. The molecule has 2 aromatic carbocycles. The van der Waals surface area contributed by atoms with E-state index in [1.54, 1.807) is 14.2 Å². The molecule has 3 atom stereocenters. The van der Waals surface area contributed by atoms with Crippen molar-refractivity contribution >= 4 is 5.96 Å². The first-order valence-corrected chi connectivity index (χ1v) is 10.7. The molecule has 6 heteroatoms. The Morgan fingerprint density at radius 1 is 1.07 bits per heavy atom. The molecule has 3 unspecified atom stereocenters. The molecular weight excluding hydrogens is 376 g/mol. The Labute approximate surface area is 179 Å². The van der Waals surface area contributed by atoms with E-state index in [4.69, 9.17) is 9.47 Å². The number of methoxy groups -OCH3 is 2. The summed E-state index contributed by atoms with van der Waals surface area (Å²) >= 11 is 0. The molecule has 0 amide bonds. The largest absolute Gasteiger partial charge is 0.497 e. The maximum absolute atomic E-state index is 5.40.